The van der Waals surface area contributed by atoms with Gasteiger partial charge < -0.3 is 9.88 Å². The summed E-state index contributed by atoms with van der Waals surface area (Å²) in [5.74, 6) is 2.23. The molecule has 0 atom stereocenters. The van der Waals surface area contributed by atoms with Crippen LogP contribution >= 0.6 is 0 Å². The van der Waals surface area contributed by atoms with Crippen molar-refractivity contribution in [1.29, 1.82) is 0 Å². The molecule has 0 aliphatic rings. The van der Waals surface area contributed by atoms with Gasteiger partial charge in [0.2, 0.25) is 5.56 Å². The van der Waals surface area contributed by atoms with E-state index in [1.165, 1.54) is 11.0 Å². The fraction of sp³-hybridized carbons (Fsp3) is 0.200. The number of hydrogen-bond donors (Lipinski definition) is 1. The molecular weight excluding hydrogens is 240 g/mol. The van der Waals surface area contributed by atoms with Crippen LogP contribution in [0, 0.1) is 12.3 Å². The third kappa shape index (κ3) is 2.50. The molecular formula is C15H14N2O2. The molecule has 0 spiro atoms. The summed E-state index contributed by atoms with van der Waals surface area (Å²) in [6.45, 7) is 2.59. The zero-order valence-electron chi connectivity index (χ0n) is 10.6. The number of terminal acetylenes is 1. The molecule has 2 aromatic rings. The van der Waals surface area contributed by atoms with Crippen LogP contribution < -0.4 is 5.56 Å². The molecule has 0 unspecified atom stereocenters. The molecule has 0 fully saturated rings. The van der Waals surface area contributed by atoms with E-state index >= 15 is 0 Å². The lowest BCUT2D eigenvalue weighted by atomic mass is 10.1. The second-order valence-corrected chi connectivity index (χ2v) is 4.12. The van der Waals surface area contributed by atoms with Crippen LogP contribution in [0.1, 0.15) is 17.3 Å². The van der Waals surface area contributed by atoms with Crippen molar-refractivity contribution in [3.05, 3.63) is 46.2 Å². The van der Waals surface area contributed by atoms with E-state index in [0.717, 1.165) is 5.39 Å². The maximum Gasteiger partial charge on any atom is 0.255 e. The van der Waals surface area contributed by atoms with E-state index in [2.05, 4.69) is 10.9 Å². The van der Waals surface area contributed by atoms with Gasteiger partial charge in [-0.1, -0.05) is 24.1 Å². The molecule has 19 heavy (non-hydrogen) atoms. The Morgan fingerprint density at radius 1 is 1.42 bits per heavy atom. The van der Waals surface area contributed by atoms with Crippen LogP contribution in [0.3, 0.4) is 0 Å². The van der Waals surface area contributed by atoms with Crippen molar-refractivity contribution in [2.75, 3.05) is 13.1 Å². The summed E-state index contributed by atoms with van der Waals surface area (Å²) in [6.07, 6.45) is 5.25. The Balaban J connectivity index is 2.59. The lowest BCUT2D eigenvalue weighted by Gasteiger charge is -2.18. The minimum Gasteiger partial charge on any atom is -0.328 e. The number of para-hydroxylation sites is 1. The van der Waals surface area contributed by atoms with Crippen LogP contribution in [-0.2, 0) is 0 Å². The van der Waals surface area contributed by atoms with Crippen molar-refractivity contribution in [2.24, 2.45) is 0 Å². The first kappa shape index (κ1) is 12.9. The maximum atomic E-state index is 12.4. The molecule has 0 aliphatic heterocycles. The van der Waals surface area contributed by atoms with Gasteiger partial charge in [0.1, 0.15) is 0 Å². The fourth-order valence-electron chi connectivity index (χ4n) is 1.99. The van der Waals surface area contributed by atoms with Gasteiger partial charge in [0, 0.05) is 23.5 Å². The fourth-order valence-corrected chi connectivity index (χ4v) is 1.99. The molecule has 1 N–H and O–H groups in total. The molecule has 0 aliphatic carbocycles. The number of nitrogens with one attached hydrogen (secondary N) is 1. The first-order valence-corrected chi connectivity index (χ1v) is 6.02. The van der Waals surface area contributed by atoms with Gasteiger partial charge in [-0.05, 0) is 13.0 Å². The number of carbonyl (C=O) groups excluding carboxylic acids is 1. The summed E-state index contributed by atoms with van der Waals surface area (Å²) in [6, 6.07) is 8.54. The second kappa shape index (κ2) is 5.40. The van der Waals surface area contributed by atoms with Crippen LogP contribution in [0.5, 0.6) is 0 Å². The monoisotopic (exact) mass is 254 g/mol. The molecule has 1 heterocycles. The lowest BCUT2D eigenvalue weighted by molar-refractivity contribution is 0.0786. The highest BCUT2D eigenvalue weighted by Gasteiger charge is 2.16. The van der Waals surface area contributed by atoms with Crippen molar-refractivity contribution >= 4 is 16.8 Å². The number of H-pyrrole nitrogens is 1. The Hall–Kier alpha value is -2.54. The van der Waals surface area contributed by atoms with Crippen LogP contribution in [0.4, 0.5) is 0 Å². The first-order valence-electron chi connectivity index (χ1n) is 6.02. The van der Waals surface area contributed by atoms with Crippen LogP contribution in [0.15, 0.2) is 35.1 Å². The average molecular weight is 254 g/mol. The highest BCUT2D eigenvalue weighted by Crippen LogP contribution is 2.16. The van der Waals surface area contributed by atoms with E-state index in [-0.39, 0.29) is 18.0 Å². The van der Waals surface area contributed by atoms with Crippen molar-refractivity contribution in [2.45, 2.75) is 6.92 Å². The molecule has 4 heteroatoms. The minimum absolute atomic E-state index is 0.220. The largest absolute Gasteiger partial charge is 0.328 e. The van der Waals surface area contributed by atoms with E-state index < -0.39 is 0 Å². The normalized spacial score (nSPS) is 10.1. The lowest BCUT2D eigenvalue weighted by Crippen LogP contribution is -2.32. The first-order chi connectivity index (χ1) is 9.17. The molecule has 0 saturated carbocycles. The van der Waals surface area contributed by atoms with Crippen LogP contribution in [-0.4, -0.2) is 28.9 Å². The molecule has 1 aromatic carbocycles. The molecule has 1 aromatic heterocycles. The predicted molar refractivity (Wildman–Crippen MR) is 75.0 cm³/mol. The number of amides is 1. The Bertz CT molecular complexity index is 710. The zero-order valence-corrected chi connectivity index (χ0v) is 10.6. The highest BCUT2D eigenvalue weighted by molar-refractivity contribution is 6.06. The number of nitrogens with zero attached hydrogens (tertiary/aromatic N) is 1. The quantitative estimate of drug-likeness (QED) is 0.846. The summed E-state index contributed by atoms with van der Waals surface area (Å²) < 4.78 is 0. The average Bonchev–Trinajstić information content (AvgIpc) is 2.43. The standard InChI is InChI=1S/C15H14N2O2/c1-3-9-17(4-2)15(19)12-10-14(18)16-13-8-6-5-7-11(12)13/h1,5-8,10H,4,9H2,2H3,(H,16,18). The van der Waals surface area contributed by atoms with Crippen LogP contribution in [0.2, 0.25) is 0 Å². The SMILES string of the molecule is C#CCN(CC)C(=O)c1cc(=O)[nH]c2ccccc12. The Morgan fingerprint density at radius 3 is 2.84 bits per heavy atom. The van der Waals surface area contributed by atoms with Crippen molar-refractivity contribution < 1.29 is 4.79 Å². The molecule has 0 saturated heterocycles. The van der Waals surface area contributed by atoms with Crippen molar-refractivity contribution in [1.82, 2.24) is 9.88 Å². The number of aromatic nitrogens is 1. The molecule has 4 nitrogen and oxygen atoms in total. The Morgan fingerprint density at radius 2 is 2.16 bits per heavy atom. The van der Waals surface area contributed by atoms with Gasteiger partial charge in [-0.2, -0.15) is 0 Å². The van der Waals surface area contributed by atoms with Crippen molar-refractivity contribution in [3.63, 3.8) is 0 Å². The number of benzene rings is 1. The Kier molecular flexibility index (Phi) is 3.67. The third-order valence-corrected chi connectivity index (χ3v) is 2.93. The number of hydrogen-bond acceptors (Lipinski definition) is 2. The molecule has 1 amide bonds. The van der Waals surface area contributed by atoms with Gasteiger partial charge in [0.25, 0.3) is 5.91 Å². The van der Waals surface area contributed by atoms with E-state index in [1.807, 2.05) is 25.1 Å². The summed E-state index contributed by atoms with van der Waals surface area (Å²) >= 11 is 0. The van der Waals surface area contributed by atoms with Gasteiger partial charge in [0.05, 0.1) is 12.1 Å². The van der Waals surface area contributed by atoms with E-state index in [0.29, 0.717) is 17.6 Å². The van der Waals surface area contributed by atoms with E-state index in [4.69, 9.17) is 6.42 Å². The maximum absolute atomic E-state index is 12.4. The van der Waals surface area contributed by atoms with Gasteiger partial charge in [0.15, 0.2) is 0 Å². The second-order valence-electron chi connectivity index (χ2n) is 4.12. The van der Waals surface area contributed by atoms with Gasteiger partial charge in [-0.15, -0.1) is 6.42 Å². The van der Waals surface area contributed by atoms with Crippen molar-refractivity contribution in [3.8, 4) is 12.3 Å². The van der Waals surface area contributed by atoms with E-state index in [9.17, 15) is 9.59 Å². The molecule has 96 valence electrons. The summed E-state index contributed by atoms with van der Waals surface area (Å²) in [4.78, 5) is 28.3. The van der Waals surface area contributed by atoms with Gasteiger partial charge >= 0.3 is 0 Å². The summed E-state index contributed by atoms with van der Waals surface area (Å²) in [5, 5.41) is 0.725. The number of fused-ring (bicyclic) bond motifs is 1. The molecule has 0 radical (unpaired) electrons. The Labute approximate surface area is 111 Å². The zero-order chi connectivity index (χ0) is 13.8. The summed E-state index contributed by atoms with van der Waals surface area (Å²) in [5.41, 5.74) is 0.741. The molecule has 2 rings (SSSR count). The summed E-state index contributed by atoms with van der Waals surface area (Å²) in [7, 11) is 0. The predicted octanol–water partition coefficient (Wildman–Crippen LogP) is 1.62. The number of carbonyl (C=O) groups is 1. The van der Waals surface area contributed by atoms with Gasteiger partial charge in [-0.3, -0.25) is 9.59 Å². The number of rotatable bonds is 3. The minimum atomic E-state index is -0.293. The smallest absolute Gasteiger partial charge is 0.255 e. The van der Waals surface area contributed by atoms with Gasteiger partial charge in [-0.25, -0.2) is 0 Å². The number of pyridine rings is 1. The number of aromatic amines is 1. The molecule has 0 bridgehead atoms. The highest BCUT2D eigenvalue weighted by atomic mass is 16.2. The topological polar surface area (TPSA) is 53.2 Å². The third-order valence-electron chi connectivity index (χ3n) is 2.93. The van der Waals surface area contributed by atoms with Crippen LogP contribution in [0.25, 0.3) is 10.9 Å². The van der Waals surface area contributed by atoms with E-state index in [1.54, 1.807) is 6.07 Å².